The number of carbonyl (C=O) groups is 1. The van der Waals surface area contributed by atoms with Gasteiger partial charge in [0.05, 0.1) is 12.4 Å². The maximum atomic E-state index is 12.3. The van der Waals surface area contributed by atoms with Crippen LogP contribution in [-0.4, -0.2) is 15.3 Å². The Labute approximate surface area is 169 Å². The summed E-state index contributed by atoms with van der Waals surface area (Å²) in [7, 11) is 0. The first kappa shape index (κ1) is 18.4. The van der Waals surface area contributed by atoms with E-state index in [1.54, 1.807) is 12.5 Å². The zero-order chi connectivity index (χ0) is 20.1. The van der Waals surface area contributed by atoms with E-state index in [2.05, 4.69) is 41.4 Å². The zero-order valence-electron chi connectivity index (χ0n) is 15.8. The van der Waals surface area contributed by atoms with Crippen LogP contribution in [0.25, 0.3) is 0 Å². The monoisotopic (exact) mass is 377 g/mol. The van der Waals surface area contributed by atoms with Crippen molar-refractivity contribution in [1.29, 1.82) is 5.26 Å². The number of ketones is 1. The quantitative estimate of drug-likeness (QED) is 0.357. The Kier molecular flexibility index (Phi) is 5.05. The number of aromatic nitrogens is 2. The molecule has 0 bridgehead atoms. The highest BCUT2D eigenvalue weighted by molar-refractivity contribution is 5.95. The normalized spacial score (nSPS) is 11.0. The molecule has 0 fully saturated rings. The summed E-state index contributed by atoms with van der Waals surface area (Å²) in [5.74, 6) is -0.283. The molecule has 3 aromatic carbocycles. The maximum absolute atomic E-state index is 12.3. The summed E-state index contributed by atoms with van der Waals surface area (Å²) in [6, 6.07) is 32.4. The minimum Gasteiger partial charge on any atom is -0.318 e. The van der Waals surface area contributed by atoms with Gasteiger partial charge in [-0.25, -0.2) is 4.98 Å². The molecule has 1 heterocycles. The molecule has 0 aliphatic heterocycles. The van der Waals surface area contributed by atoms with Gasteiger partial charge in [-0.3, -0.25) is 4.79 Å². The number of imidazole rings is 1. The van der Waals surface area contributed by atoms with E-state index in [-0.39, 0.29) is 12.2 Å². The number of nitrogens with zero attached hydrogens (tertiary/aromatic N) is 3. The standard InChI is InChI=1S/C25H19N3O/c26-17-16-24(29)23-18-28(19-27-23)25(20-10-4-1-5-11-20,21-12-6-2-7-13-21)22-14-8-3-9-15-22/h1-15,18-19H,16H2. The fraction of sp³-hybridized carbons (Fsp3) is 0.0800. The smallest absolute Gasteiger partial charge is 0.196 e. The largest absolute Gasteiger partial charge is 0.318 e. The van der Waals surface area contributed by atoms with E-state index in [4.69, 9.17) is 5.26 Å². The maximum Gasteiger partial charge on any atom is 0.196 e. The third kappa shape index (κ3) is 3.24. The molecule has 4 heteroatoms. The fourth-order valence-corrected chi connectivity index (χ4v) is 3.80. The molecule has 1 aromatic heterocycles. The molecule has 0 atom stereocenters. The second-order valence-electron chi connectivity index (χ2n) is 6.73. The molecule has 0 spiro atoms. The van der Waals surface area contributed by atoms with Crippen molar-refractivity contribution in [2.45, 2.75) is 12.0 Å². The molecule has 0 aliphatic carbocycles. The molecule has 4 nitrogen and oxygen atoms in total. The van der Waals surface area contributed by atoms with Crippen LogP contribution in [-0.2, 0) is 5.54 Å². The van der Waals surface area contributed by atoms with Gasteiger partial charge in [-0.1, -0.05) is 91.0 Å². The lowest BCUT2D eigenvalue weighted by molar-refractivity contribution is 0.0993. The van der Waals surface area contributed by atoms with E-state index in [1.165, 1.54) is 0 Å². The van der Waals surface area contributed by atoms with Crippen LogP contribution >= 0.6 is 0 Å². The lowest BCUT2D eigenvalue weighted by Gasteiger charge is -2.37. The van der Waals surface area contributed by atoms with Crippen LogP contribution in [0.15, 0.2) is 104 Å². The summed E-state index contributed by atoms with van der Waals surface area (Å²) < 4.78 is 1.97. The van der Waals surface area contributed by atoms with Crippen molar-refractivity contribution in [3.63, 3.8) is 0 Å². The van der Waals surface area contributed by atoms with Gasteiger partial charge in [0.25, 0.3) is 0 Å². The van der Waals surface area contributed by atoms with E-state index in [0.29, 0.717) is 5.69 Å². The third-order valence-corrected chi connectivity index (χ3v) is 5.07. The number of carbonyl (C=O) groups excluding carboxylic acids is 1. The second-order valence-corrected chi connectivity index (χ2v) is 6.73. The van der Waals surface area contributed by atoms with Gasteiger partial charge in [-0.2, -0.15) is 5.26 Å². The molecule has 4 rings (SSSR count). The number of rotatable bonds is 6. The van der Waals surface area contributed by atoms with Crippen LogP contribution in [0.4, 0.5) is 0 Å². The van der Waals surface area contributed by atoms with E-state index in [0.717, 1.165) is 16.7 Å². The minimum atomic E-state index is -0.706. The predicted molar refractivity (Wildman–Crippen MR) is 111 cm³/mol. The molecule has 0 saturated carbocycles. The molecule has 0 saturated heterocycles. The number of benzene rings is 3. The molecule has 29 heavy (non-hydrogen) atoms. The van der Waals surface area contributed by atoms with Gasteiger partial charge in [0, 0.05) is 6.20 Å². The van der Waals surface area contributed by atoms with Gasteiger partial charge in [-0.15, -0.1) is 0 Å². The van der Waals surface area contributed by atoms with Crippen molar-refractivity contribution in [3.8, 4) is 6.07 Å². The number of hydrogen-bond donors (Lipinski definition) is 0. The van der Waals surface area contributed by atoms with Crippen LogP contribution in [0.2, 0.25) is 0 Å². The Hall–Kier alpha value is -3.97. The minimum absolute atomic E-state index is 0.188. The highest BCUT2D eigenvalue weighted by Gasteiger charge is 2.38. The van der Waals surface area contributed by atoms with Gasteiger partial charge in [0.15, 0.2) is 5.78 Å². The SMILES string of the molecule is N#CCC(=O)c1cn(C(c2ccccc2)(c2ccccc2)c2ccccc2)cn1. The average Bonchev–Trinajstić information content (AvgIpc) is 3.27. The summed E-state index contributed by atoms with van der Waals surface area (Å²) in [6.07, 6.45) is 3.23. The molecular weight excluding hydrogens is 358 g/mol. The first-order chi connectivity index (χ1) is 14.3. The van der Waals surface area contributed by atoms with Crippen LogP contribution in [0, 0.1) is 11.3 Å². The Morgan fingerprint density at radius 2 is 1.28 bits per heavy atom. The lowest BCUT2D eigenvalue weighted by atomic mass is 9.77. The molecule has 0 N–H and O–H groups in total. The number of Topliss-reactive ketones (excluding diaryl/α,β-unsaturated/α-hetero) is 1. The van der Waals surface area contributed by atoms with E-state index in [1.807, 2.05) is 65.2 Å². The Balaban J connectivity index is 2.04. The first-order valence-electron chi connectivity index (χ1n) is 9.38. The van der Waals surface area contributed by atoms with Crippen molar-refractivity contribution < 1.29 is 4.79 Å². The zero-order valence-corrected chi connectivity index (χ0v) is 15.8. The fourth-order valence-electron chi connectivity index (χ4n) is 3.80. The van der Waals surface area contributed by atoms with Gasteiger partial charge < -0.3 is 4.57 Å². The van der Waals surface area contributed by atoms with Crippen molar-refractivity contribution in [1.82, 2.24) is 9.55 Å². The van der Waals surface area contributed by atoms with Crippen molar-refractivity contribution in [3.05, 3.63) is 126 Å². The summed E-state index contributed by atoms with van der Waals surface area (Å²) in [5, 5.41) is 8.89. The third-order valence-electron chi connectivity index (χ3n) is 5.07. The summed E-state index contributed by atoms with van der Waals surface area (Å²) in [5.41, 5.74) is 2.73. The van der Waals surface area contributed by atoms with E-state index in [9.17, 15) is 4.79 Å². The summed E-state index contributed by atoms with van der Waals surface area (Å²) in [6.45, 7) is 0. The Morgan fingerprint density at radius 3 is 1.69 bits per heavy atom. The highest BCUT2D eigenvalue weighted by atomic mass is 16.1. The number of nitriles is 1. The predicted octanol–water partition coefficient (Wildman–Crippen LogP) is 4.82. The summed E-state index contributed by atoms with van der Waals surface area (Å²) >= 11 is 0. The molecular formula is C25H19N3O. The molecule has 0 amide bonds. The Bertz CT molecular complexity index is 1050. The van der Waals surface area contributed by atoms with Gasteiger partial charge in [-0.05, 0) is 16.7 Å². The topological polar surface area (TPSA) is 58.7 Å². The average molecular weight is 377 g/mol. The molecule has 0 radical (unpaired) electrons. The van der Waals surface area contributed by atoms with Crippen LogP contribution in [0.3, 0.4) is 0 Å². The highest BCUT2D eigenvalue weighted by Crippen LogP contribution is 2.40. The van der Waals surface area contributed by atoms with Crippen LogP contribution in [0.1, 0.15) is 33.6 Å². The van der Waals surface area contributed by atoms with E-state index >= 15 is 0 Å². The summed E-state index contributed by atoms with van der Waals surface area (Å²) in [4.78, 5) is 16.6. The Morgan fingerprint density at radius 1 is 0.828 bits per heavy atom. The molecule has 140 valence electrons. The van der Waals surface area contributed by atoms with Gasteiger partial charge in [0.1, 0.15) is 17.7 Å². The molecule has 0 unspecified atom stereocenters. The first-order valence-corrected chi connectivity index (χ1v) is 9.38. The lowest BCUT2D eigenvalue weighted by Crippen LogP contribution is -2.37. The van der Waals surface area contributed by atoms with Crippen molar-refractivity contribution >= 4 is 5.78 Å². The van der Waals surface area contributed by atoms with Crippen molar-refractivity contribution in [2.75, 3.05) is 0 Å². The van der Waals surface area contributed by atoms with Gasteiger partial charge in [0.2, 0.25) is 0 Å². The van der Waals surface area contributed by atoms with Crippen LogP contribution in [0.5, 0.6) is 0 Å². The molecule has 4 aromatic rings. The van der Waals surface area contributed by atoms with Crippen LogP contribution < -0.4 is 0 Å². The van der Waals surface area contributed by atoms with E-state index < -0.39 is 5.54 Å². The molecule has 0 aliphatic rings. The number of hydrogen-bond acceptors (Lipinski definition) is 3. The van der Waals surface area contributed by atoms with Gasteiger partial charge >= 0.3 is 0 Å². The second kappa shape index (κ2) is 7.95. The van der Waals surface area contributed by atoms with Crippen molar-refractivity contribution in [2.24, 2.45) is 0 Å².